The zero-order valence-corrected chi connectivity index (χ0v) is 15.5. The molecule has 1 aliphatic carbocycles. The highest BCUT2D eigenvalue weighted by molar-refractivity contribution is 6.74. The number of benzene rings is 1. The number of ether oxygens (including phenoxy) is 1. The minimum atomic E-state index is -1.51. The normalized spacial score (nSPS) is 19.1. The smallest absolute Gasteiger partial charge is 0.192 e. The van der Waals surface area contributed by atoms with Crippen molar-refractivity contribution in [3.8, 4) is 5.75 Å². The van der Waals surface area contributed by atoms with Crippen LogP contribution in [0.3, 0.4) is 0 Å². The van der Waals surface area contributed by atoms with Gasteiger partial charge in [-0.1, -0.05) is 32.9 Å². The van der Waals surface area contributed by atoms with Crippen LogP contribution < -0.4 is 4.74 Å². The maximum Gasteiger partial charge on any atom is 0.192 e. The molecule has 3 heteroatoms. The van der Waals surface area contributed by atoms with Crippen molar-refractivity contribution in [1.29, 1.82) is 0 Å². The SMILES string of the molecule is CC1(O[Si](C)(C)C(C)(C)C)CCC1.c1cc2cc(c1)OC2. The van der Waals surface area contributed by atoms with Gasteiger partial charge in [0, 0.05) is 0 Å². The zero-order chi connectivity index (χ0) is 15.7. The number of rotatable bonds is 2. The Balaban J connectivity index is 0.000000170. The Kier molecular flexibility index (Phi) is 4.55. The monoisotopic (exact) mass is 306 g/mol. The van der Waals surface area contributed by atoms with Gasteiger partial charge in [0.1, 0.15) is 12.4 Å². The summed E-state index contributed by atoms with van der Waals surface area (Å²) in [6.07, 6.45) is 3.88. The van der Waals surface area contributed by atoms with Gasteiger partial charge in [0.25, 0.3) is 0 Å². The van der Waals surface area contributed by atoms with Gasteiger partial charge >= 0.3 is 0 Å². The standard InChI is InChI=1S/C11H24OSi.C7H6O/c1-10(2,3)13(5,6)12-11(4)8-7-9-11;1-2-6-4-7(3-1)8-5-6/h7-9H2,1-6H3;1-4H,5H2. The van der Waals surface area contributed by atoms with Gasteiger partial charge < -0.3 is 9.16 Å². The van der Waals surface area contributed by atoms with E-state index in [-0.39, 0.29) is 5.60 Å². The average Bonchev–Trinajstić information content (AvgIpc) is 2.65. The van der Waals surface area contributed by atoms with Gasteiger partial charge in [-0.2, -0.15) is 0 Å². The van der Waals surface area contributed by atoms with Gasteiger partial charge in [0.15, 0.2) is 8.32 Å². The van der Waals surface area contributed by atoms with Crippen LogP contribution in [0.5, 0.6) is 5.75 Å². The van der Waals surface area contributed by atoms with E-state index >= 15 is 0 Å². The summed E-state index contributed by atoms with van der Waals surface area (Å²) in [4.78, 5) is 0. The molecule has 2 bridgehead atoms. The Morgan fingerprint density at radius 3 is 2.29 bits per heavy atom. The predicted molar refractivity (Wildman–Crippen MR) is 91.3 cm³/mol. The Labute approximate surface area is 131 Å². The third-order valence-corrected chi connectivity index (χ3v) is 9.64. The number of hydrogen-bond donors (Lipinski definition) is 0. The van der Waals surface area contributed by atoms with E-state index in [1.165, 1.54) is 24.8 Å². The third kappa shape index (κ3) is 4.10. The van der Waals surface area contributed by atoms with Crippen molar-refractivity contribution < 1.29 is 9.16 Å². The van der Waals surface area contributed by atoms with Crippen molar-refractivity contribution in [2.24, 2.45) is 0 Å². The zero-order valence-electron chi connectivity index (χ0n) is 14.5. The van der Waals surface area contributed by atoms with E-state index in [4.69, 9.17) is 9.16 Å². The maximum atomic E-state index is 6.36. The van der Waals surface area contributed by atoms with Crippen LogP contribution in [0, 0.1) is 0 Å². The van der Waals surface area contributed by atoms with Crippen molar-refractivity contribution in [2.45, 2.75) is 77.3 Å². The first kappa shape index (κ1) is 16.6. The maximum absolute atomic E-state index is 6.36. The Bertz CT molecular complexity index is 465. The summed E-state index contributed by atoms with van der Waals surface area (Å²) in [5.74, 6) is 1.00. The van der Waals surface area contributed by atoms with Crippen LogP contribution in [0.1, 0.15) is 52.5 Å². The molecule has 1 fully saturated rings. The molecule has 0 atom stereocenters. The molecule has 3 rings (SSSR count). The van der Waals surface area contributed by atoms with Crippen LogP contribution in [0.15, 0.2) is 24.3 Å². The van der Waals surface area contributed by atoms with E-state index in [1.807, 2.05) is 12.1 Å². The lowest BCUT2D eigenvalue weighted by Gasteiger charge is -2.48. The molecule has 1 heterocycles. The minimum Gasteiger partial charge on any atom is -0.489 e. The summed E-state index contributed by atoms with van der Waals surface area (Å²) in [7, 11) is -1.51. The molecule has 0 spiro atoms. The molecule has 0 N–H and O–H groups in total. The number of fused-ring (bicyclic) bond motifs is 2. The fourth-order valence-corrected chi connectivity index (χ4v) is 4.18. The van der Waals surface area contributed by atoms with Gasteiger partial charge in [0.2, 0.25) is 0 Å². The van der Waals surface area contributed by atoms with E-state index in [1.54, 1.807) is 0 Å². The average molecular weight is 307 g/mol. The highest BCUT2D eigenvalue weighted by Crippen LogP contribution is 2.44. The number of hydrogen-bond acceptors (Lipinski definition) is 2. The molecule has 0 aromatic heterocycles. The fourth-order valence-electron chi connectivity index (χ4n) is 2.44. The minimum absolute atomic E-state index is 0.225. The molecule has 1 aromatic carbocycles. The highest BCUT2D eigenvalue weighted by Gasteiger charge is 2.45. The molecule has 2 aliphatic rings. The van der Waals surface area contributed by atoms with Crippen LogP contribution >= 0.6 is 0 Å². The van der Waals surface area contributed by atoms with Gasteiger partial charge in [-0.05, 0) is 62.0 Å². The molecule has 21 heavy (non-hydrogen) atoms. The molecule has 0 unspecified atom stereocenters. The van der Waals surface area contributed by atoms with Crippen molar-refractivity contribution in [1.82, 2.24) is 0 Å². The van der Waals surface area contributed by atoms with Gasteiger partial charge in [0.05, 0.1) is 5.60 Å². The van der Waals surface area contributed by atoms with E-state index in [0.29, 0.717) is 5.04 Å². The van der Waals surface area contributed by atoms with Crippen molar-refractivity contribution >= 4 is 8.32 Å². The summed E-state index contributed by atoms with van der Waals surface area (Å²) in [6.45, 7) is 14.6. The van der Waals surface area contributed by atoms with Gasteiger partial charge in [-0.15, -0.1) is 0 Å². The fraction of sp³-hybridized carbons (Fsp3) is 0.667. The molecule has 2 nitrogen and oxygen atoms in total. The summed E-state index contributed by atoms with van der Waals surface area (Å²) in [5.41, 5.74) is 1.51. The second-order valence-electron chi connectivity index (χ2n) is 8.10. The Morgan fingerprint density at radius 1 is 1.19 bits per heavy atom. The quantitative estimate of drug-likeness (QED) is 0.669. The second kappa shape index (κ2) is 5.77. The molecular formula is C18H30O2Si. The first-order valence-corrected chi connectivity index (χ1v) is 10.9. The second-order valence-corrected chi connectivity index (χ2v) is 12.8. The molecule has 1 aromatic rings. The molecule has 0 saturated heterocycles. The van der Waals surface area contributed by atoms with Crippen LogP contribution in [-0.4, -0.2) is 13.9 Å². The summed E-state index contributed by atoms with van der Waals surface area (Å²) < 4.78 is 11.5. The van der Waals surface area contributed by atoms with Crippen molar-refractivity contribution in [2.75, 3.05) is 0 Å². The van der Waals surface area contributed by atoms with Crippen LogP contribution in [0.2, 0.25) is 18.1 Å². The van der Waals surface area contributed by atoms with Gasteiger partial charge in [-0.3, -0.25) is 0 Å². The third-order valence-electron chi connectivity index (χ3n) is 5.02. The van der Waals surface area contributed by atoms with E-state index < -0.39 is 8.32 Å². The molecule has 1 saturated carbocycles. The van der Waals surface area contributed by atoms with Crippen LogP contribution in [-0.2, 0) is 11.0 Å². The molecule has 0 amide bonds. The van der Waals surface area contributed by atoms with E-state index in [2.05, 4.69) is 52.9 Å². The molecular weight excluding hydrogens is 276 g/mol. The first-order valence-electron chi connectivity index (χ1n) is 8.03. The first-order chi connectivity index (χ1) is 9.61. The lowest BCUT2D eigenvalue weighted by Crippen LogP contribution is -2.51. The summed E-state index contributed by atoms with van der Waals surface area (Å²) in [6, 6.07) is 8.10. The highest BCUT2D eigenvalue weighted by atomic mass is 28.4. The largest absolute Gasteiger partial charge is 0.489 e. The van der Waals surface area contributed by atoms with Crippen molar-refractivity contribution in [3.63, 3.8) is 0 Å². The van der Waals surface area contributed by atoms with Crippen LogP contribution in [0.25, 0.3) is 0 Å². The lowest BCUT2D eigenvalue weighted by molar-refractivity contribution is -0.00196. The van der Waals surface area contributed by atoms with E-state index in [9.17, 15) is 0 Å². The predicted octanol–water partition coefficient (Wildman–Crippen LogP) is 5.53. The molecule has 1 aliphatic heterocycles. The molecule has 118 valence electrons. The lowest BCUT2D eigenvalue weighted by atomic mass is 9.82. The summed E-state index contributed by atoms with van der Waals surface area (Å²) >= 11 is 0. The van der Waals surface area contributed by atoms with Crippen molar-refractivity contribution in [3.05, 3.63) is 29.8 Å². The van der Waals surface area contributed by atoms with Gasteiger partial charge in [-0.25, -0.2) is 0 Å². The molecule has 0 radical (unpaired) electrons. The Hall–Kier alpha value is -0.803. The Morgan fingerprint density at radius 2 is 1.86 bits per heavy atom. The van der Waals surface area contributed by atoms with Crippen LogP contribution in [0.4, 0.5) is 0 Å². The summed E-state index contributed by atoms with van der Waals surface area (Å²) in [5, 5.41) is 0.353. The topological polar surface area (TPSA) is 18.5 Å². The van der Waals surface area contributed by atoms with E-state index in [0.717, 1.165) is 12.4 Å².